The zero-order chi connectivity index (χ0) is 14.3. The van der Waals surface area contributed by atoms with Gasteiger partial charge in [-0.25, -0.2) is 0 Å². The molecule has 0 saturated carbocycles. The van der Waals surface area contributed by atoms with E-state index in [2.05, 4.69) is 11.8 Å². The van der Waals surface area contributed by atoms with E-state index in [0.29, 0.717) is 18.5 Å². The number of aliphatic hydroxyl groups is 2. The Morgan fingerprint density at radius 1 is 1.42 bits per heavy atom. The Hall–Kier alpha value is -1.35. The Kier molecular flexibility index (Phi) is 6.57. The highest BCUT2D eigenvalue weighted by atomic mass is 32.1. The Morgan fingerprint density at radius 3 is 2.74 bits per heavy atom. The predicted molar refractivity (Wildman–Crippen MR) is 76.2 cm³/mol. The molecule has 0 aliphatic carbocycles. The number of aliphatic hydroxyl groups excluding tert-OH is 2. The molecule has 0 aliphatic rings. The van der Waals surface area contributed by atoms with Gasteiger partial charge in [0.05, 0.1) is 23.7 Å². The minimum Gasteiger partial charge on any atom is -0.395 e. The van der Waals surface area contributed by atoms with Crippen molar-refractivity contribution in [3.63, 3.8) is 0 Å². The van der Waals surface area contributed by atoms with Crippen LogP contribution in [0.3, 0.4) is 0 Å². The van der Waals surface area contributed by atoms with E-state index in [9.17, 15) is 4.79 Å². The Labute approximate surface area is 117 Å². The van der Waals surface area contributed by atoms with Crippen molar-refractivity contribution in [1.29, 1.82) is 0 Å². The quantitative estimate of drug-likeness (QED) is 0.800. The fourth-order valence-corrected chi connectivity index (χ4v) is 2.34. The molecule has 0 aliphatic heterocycles. The summed E-state index contributed by atoms with van der Waals surface area (Å²) in [5.74, 6) is 5.65. The van der Waals surface area contributed by atoms with Gasteiger partial charge < -0.3 is 15.1 Å². The first-order valence-corrected chi connectivity index (χ1v) is 7.08. The number of amides is 1. The van der Waals surface area contributed by atoms with Gasteiger partial charge in [-0.05, 0) is 19.9 Å². The molecular formula is C14H19NO3S. The van der Waals surface area contributed by atoms with Crippen LogP contribution in [0.15, 0.2) is 11.4 Å². The third kappa shape index (κ3) is 4.67. The molecule has 0 unspecified atom stereocenters. The van der Waals surface area contributed by atoms with E-state index in [-0.39, 0.29) is 25.2 Å². The van der Waals surface area contributed by atoms with Gasteiger partial charge in [0.15, 0.2) is 0 Å². The second-order valence-electron chi connectivity index (χ2n) is 4.29. The van der Waals surface area contributed by atoms with E-state index in [0.717, 1.165) is 4.88 Å². The summed E-state index contributed by atoms with van der Waals surface area (Å²) in [6.07, 6.45) is 0.434. The number of rotatable bonds is 5. The fourth-order valence-electron chi connectivity index (χ4n) is 1.59. The van der Waals surface area contributed by atoms with E-state index in [1.54, 1.807) is 16.3 Å². The van der Waals surface area contributed by atoms with E-state index in [1.165, 1.54) is 11.3 Å². The molecule has 0 atom stereocenters. The lowest BCUT2D eigenvalue weighted by molar-refractivity contribution is 0.0666. The summed E-state index contributed by atoms with van der Waals surface area (Å²) in [5.41, 5.74) is 0.598. The van der Waals surface area contributed by atoms with Gasteiger partial charge in [0, 0.05) is 24.4 Å². The lowest BCUT2D eigenvalue weighted by Gasteiger charge is -2.25. The molecule has 0 bridgehead atoms. The van der Waals surface area contributed by atoms with Crippen LogP contribution in [-0.4, -0.2) is 46.8 Å². The minimum atomic E-state index is -0.0875. The number of hydrogen-bond acceptors (Lipinski definition) is 4. The van der Waals surface area contributed by atoms with Crippen LogP contribution in [0.25, 0.3) is 0 Å². The number of thiophene rings is 1. The van der Waals surface area contributed by atoms with Crippen molar-refractivity contribution >= 4 is 17.2 Å². The van der Waals surface area contributed by atoms with E-state index < -0.39 is 0 Å². The van der Waals surface area contributed by atoms with Crippen LogP contribution >= 0.6 is 11.3 Å². The van der Waals surface area contributed by atoms with Crippen molar-refractivity contribution in [2.45, 2.75) is 26.3 Å². The van der Waals surface area contributed by atoms with E-state index >= 15 is 0 Å². The third-order valence-electron chi connectivity index (χ3n) is 2.52. The standard InChI is InChI=1S/C14H19NO3S/c1-11(2)15(6-8-17)14(18)12-9-13(19-10-12)5-3-4-7-16/h9-11,16-17H,4,6-8H2,1-2H3. The van der Waals surface area contributed by atoms with E-state index in [1.807, 2.05) is 13.8 Å². The maximum atomic E-state index is 12.3. The minimum absolute atomic E-state index is 0.0434. The summed E-state index contributed by atoms with van der Waals surface area (Å²) >= 11 is 1.41. The van der Waals surface area contributed by atoms with Gasteiger partial charge >= 0.3 is 0 Å². The van der Waals surface area contributed by atoms with Gasteiger partial charge in [0.25, 0.3) is 5.91 Å². The molecule has 2 N–H and O–H groups in total. The lowest BCUT2D eigenvalue weighted by atomic mass is 10.2. The Balaban J connectivity index is 2.80. The molecule has 104 valence electrons. The van der Waals surface area contributed by atoms with Crippen LogP contribution in [0.2, 0.25) is 0 Å². The molecule has 1 aromatic heterocycles. The summed E-state index contributed by atoms with van der Waals surface area (Å²) in [6.45, 7) is 4.17. The highest BCUT2D eigenvalue weighted by molar-refractivity contribution is 7.10. The molecule has 0 spiro atoms. The van der Waals surface area contributed by atoms with Crippen LogP contribution in [0, 0.1) is 11.8 Å². The molecule has 0 radical (unpaired) electrons. The van der Waals surface area contributed by atoms with Crippen molar-refractivity contribution in [3.05, 3.63) is 21.9 Å². The molecule has 1 heterocycles. The van der Waals surface area contributed by atoms with Crippen molar-refractivity contribution in [2.24, 2.45) is 0 Å². The smallest absolute Gasteiger partial charge is 0.255 e. The molecular weight excluding hydrogens is 262 g/mol. The molecule has 5 heteroatoms. The summed E-state index contributed by atoms with van der Waals surface area (Å²) in [7, 11) is 0. The zero-order valence-electron chi connectivity index (χ0n) is 11.2. The zero-order valence-corrected chi connectivity index (χ0v) is 12.0. The Morgan fingerprint density at radius 2 is 2.16 bits per heavy atom. The summed E-state index contributed by atoms with van der Waals surface area (Å²) in [6, 6.07) is 1.80. The maximum absolute atomic E-state index is 12.3. The second-order valence-corrected chi connectivity index (χ2v) is 5.20. The van der Waals surface area contributed by atoms with Gasteiger partial charge in [-0.15, -0.1) is 11.3 Å². The van der Waals surface area contributed by atoms with Gasteiger partial charge in [0.2, 0.25) is 0 Å². The number of nitrogens with zero attached hydrogens (tertiary/aromatic N) is 1. The molecule has 4 nitrogen and oxygen atoms in total. The second kappa shape index (κ2) is 7.95. The number of carbonyl (C=O) groups is 1. The first kappa shape index (κ1) is 15.7. The first-order chi connectivity index (χ1) is 9.10. The lowest BCUT2D eigenvalue weighted by Crippen LogP contribution is -2.38. The van der Waals surface area contributed by atoms with Crippen molar-refractivity contribution < 1.29 is 15.0 Å². The van der Waals surface area contributed by atoms with Crippen LogP contribution < -0.4 is 0 Å². The third-order valence-corrected chi connectivity index (χ3v) is 3.37. The molecule has 0 aromatic carbocycles. The van der Waals surface area contributed by atoms with E-state index in [4.69, 9.17) is 10.2 Å². The summed E-state index contributed by atoms with van der Waals surface area (Å²) in [5, 5.41) is 19.4. The first-order valence-electron chi connectivity index (χ1n) is 6.20. The highest BCUT2D eigenvalue weighted by Crippen LogP contribution is 2.16. The highest BCUT2D eigenvalue weighted by Gasteiger charge is 2.19. The average molecular weight is 281 g/mol. The molecule has 19 heavy (non-hydrogen) atoms. The molecule has 1 amide bonds. The maximum Gasteiger partial charge on any atom is 0.255 e. The van der Waals surface area contributed by atoms with Gasteiger partial charge in [-0.3, -0.25) is 4.79 Å². The summed E-state index contributed by atoms with van der Waals surface area (Å²) in [4.78, 5) is 14.7. The van der Waals surface area contributed by atoms with Crippen molar-refractivity contribution in [2.75, 3.05) is 19.8 Å². The largest absolute Gasteiger partial charge is 0.395 e. The van der Waals surface area contributed by atoms with Crippen LogP contribution in [-0.2, 0) is 0 Å². The topological polar surface area (TPSA) is 60.8 Å². The molecule has 1 rings (SSSR count). The molecule has 0 saturated heterocycles. The van der Waals surface area contributed by atoms with Gasteiger partial charge in [-0.1, -0.05) is 11.8 Å². The van der Waals surface area contributed by atoms with Crippen LogP contribution in [0.4, 0.5) is 0 Å². The molecule has 1 aromatic rings. The van der Waals surface area contributed by atoms with Crippen molar-refractivity contribution in [1.82, 2.24) is 4.90 Å². The normalized spacial score (nSPS) is 10.2. The van der Waals surface area contributed by atoms with Gasteiger partial charge in [-0.2, -0.15) is 0 Å². The number of carbonyl (C=O) groups excluding carboxylic acids is 1. The fraction of sp³-hybridized carbons (Fsp3) is 0.500. The van der Waals surface area contributed by atoms with Crippen LogP contribution in [0.5, 0.6) is 0 Å². The summed E-state index contributed by atoms with van der Waals surface area (Å²) < 4.78 is 0. The Bertz CT molecular complexity index is 471. The number of hydrogen-bond donors (Lipinski definition) is 2. The predicted octanol–water partition coefficient (Wildman–Crippen LogP) is 1.32. The monoisotopic (exact) mass is 281 g/mol. The van der Waals surface area contributed by atoms with Crippen molar-refractivity contribution in [3.8, 4) is 11.8 Å². The molecule has 0 fully saturated rings. The average Bonchev–Trinajstić information content (AvgIpc) is 2.84. The van der Waals surface area contributed by atoms with Gasteiger partial charge in [0.1, 0.15) is 0 Å². The SMILES string of the molecule is CC(C)N(CCO)C(=O)c1csc(C#CCCO)c1. The van der Waals surface area contributed by atoms with Crippen LogP contribution in [0.1, 0.15) is 35.5 Å².